The maximum atomic E-state index is 11.9. The van der Waals surface area contributed by atoms with Crippen LogP contribution in [0.5, 0.6) is 0 Å². The van der Waals surface area contributed by atoms with Gasteiger partial charge in [0.15, 0.2) is 0 Å². The van der Waals surface area contributed by atoms with E-state index in [0.717, 1.165) is 10.4 Å². The maximum Gasteiger partial charge on any atom is 0.251 e. The number of anilines is 2. The third-order valence-corrected chi connectivity index (χ3v) is 5.80. The van der Waals surface area contributed by atoms with E-state index in [1.165, 1.54) is 25.2 Å². The van der Waals surface area contributed by atoms with Crippen LogP contribution in [0.4, 0.5) is 10.8 Å². The average molecular weight is 418 g/mol. The number of hydrogen-bond acceptors (Lipinski definition) is 6. The highest BCUT2D eigenvalue weighted by Crippen LogP contribution is 2.37. The quantitative estimate of drug-likeness (QED) is 0.486. The normalized spacial score (nSPS) is 14.3. The fraction of sp³-hybridized carbons (Fsp3) is 0.200. The molecule has 1 aromatic carbocycles. The number of amides is 1. The Balaban J connectivity index is 1.96. The molecule has 3 aromatic rings. The summed E-state index contributed by atoms with van der Waals surface area (Å²) in [6, 6.07) is 14.0. The van der Waals surface area contributed by atoms with Crippen molar-refractivity contribution in [2.24, 2.45) is 5.73 Å². The summed E-state index contributed by atoms with van der Waals surface area (Å²) in [7, 11) is 0. The number of carbonyl (C=O) groups is 1. The van der Waals surface area contributed by atoms with E-state index in [9.17, 15) is 15.0 Å². The minimum atomic E-state index is -1.51. The summed E-state index contributed by atoms with van der Waals surface area (Å²) in [4.78, 5) is 17.1. The van der Waals surface area contributed by atoms with E-state index in [2.05, 4.69) is 10.3 Å². The molecule has 2 heterocycles. The summed E-state index contributed by atoms with van der Waals surface area (Å²) in [6.07, 6.45) is -1.00. The summed E-state index contributed by atoms with van der Waals surface area (Å²) in [5, 5.41) is 24.5. The van der Waals surface area contributed by atoms with Crippen LogP contribution in [0.2, 0.25) is 5.02 Å². The highest BCUT2D eigenvalue weighted by molar-refractivity contribution is 7.19. The van der Waals surface area contributed by atoms with Gasteiger partial charge in [-0.05, 0) is 49.7 Å². The maximum absolute atomic E-state index is 11.9. The van der Waals surface area contributed by atoms with E-state index in [-0.39, 0.29) is 0 Å². The Morgan fingerprint density at radius 1 is 1.29 bits per heavy atom. The molecule has 3 rings (SSSR count). The second-order valence-corrected chi connectivity index (χ2v) is 8.07. The lowest BCUT2D eigenvalue weighted by molar-refractivity contribution is -0.0599. The van der Waals surface area contributed by atoms with Gasteiger partial charge in [-0.25, -0.2) is 4.98 Å². The van der Waals surface area contributed by atoms with Crippen molar-refractivity contribution in [1.82, 2.24) is 4.98 Å². The molecule has 0 bridgehead atoms. The van der Waals surface area contributed by atoms with Gasteiger partial charge in [0.25, 0.3) is 5.91 Å². The topological polar surface area (TPSA) is 108 Å². The zero-order valence-electron chi connectivity index (χ0n) is 15.3. The number of benzene rings is 1. The van der Waals surface area contributed by atoms with Crippen LogP contribution in [0.25, 0.3) is 10.4 Å². The third-order valence-electron chi connectivity index (χ3n) is 4.45. The second-order valence-electron chi connectivity index (χ2n) is 6.58. The molecular weight excluding hydrogens is 398 g/mol. The first-order chi connectivity index (χ1) is 13.2. The van der Waals surface area contributed by atoms with Crippen molar-refractivity contribution in [3.05, 3.63) is 64.8 Å². The number of hydrogen-bond donors (Lipinski definition) is 4. The number of aromatic nitrogens is 1. The van der Waals surface area contributed by atoms with Crippen LogP contribution in [-0.2, 0) is 5.60 Å². The molecule has 0 spiro atoms. The van der Waals surface area contributed by atoms with E-state index in [0.29, 0.717) is 27.1 Å². The van der Waals surface area contributed by atoms with Crippen molar-refractivity contribution in [1.29, 1.82) is 0 Å². The molecule has 0 aliphatic carbocycles. The number of nitrogens with two attached hydrogens (primary N) is 1. The van der Waals surface area contributed by atoms with Gasteiger partial charge in [-0.3, -0.25) is 4.79 Å². The monoisotopic (exact) mass is 417 g/mol. The fourth-order valence-corrected chi connectivity index (χ4v) is 3.74. The van der Waals surface area contributed by atoms with Gasteiger partial charge in [-0.1, -0.05) is 29.8 Å². The zero-order chi connectivity index (χ0) is 20.5. The Hall–Kier alpha value is -2.45. The van der Waals surface area contributed by atoms with E-state index < -0.39 is 17.6 Å². The van der Waals surface area contributed by atoms with Crippen molar-refractivity contribution in [3.8, 4) is 10.4 Å². The van der Waals surface area contributed by atoms with Gasteiger partial charge < -0.3 is 21.3 Å². The van der Waals surface area contributed by atoms with Crippen LogP contribution in [0.15, 0.2) is 48.5 Å². The van der Waals surface area contributed by atoms with Gasteiger partial charge in [0.1, 0.15) is 16.4 Å². The molecule has 0 aliphatic rings. The molecule has 0 saturated heterocycles. The lowest BCUT2D eigenvalue weighted by Crippen LogP contribution is -2.35. The largest absolute Gasteiger partial charge is 0.390 e. The molecule has 0 unspecified atom stereocenters. The number of thiophene rings is 1. The summed E-state index contributed by atoms with van der Waals surface area (Å²) in [5.74, 6) is -0.142. The number of pyridine rings is 1. The molecule has 0 saturated carbocycles. The molecule has 8 heteroatoms. The molecule has 0 aliphatic heterocycles. The van der Waals surface area contributed by atoms with E-state index >= 15 is 0 Å². The Morgan fingerprint density at radius 3 is 2.57 bits per heavy atom. The van der Waals surface area contributed by atoms with Crippen molar-refractivity contribution in [2.75, 3.05) is 5.32 Å². The number of rotatable bonds is 6. The van der Waals surface area contributed by atoms with Gasteiger partial charge in [0, 0.05) is 9.90 Å². The second kappa shape index (κ2) is 7.89. The highest BCUT2D eigenvalue weighted by atomic mass is 35.5. The number of nitrogens with zero attached hydrogens (tertiary/aromatic N) is 1. The standard InChI is InChI=1S/C20H20ClN3O3S/c1-11(25)20(2,27)16-4-3-5-17(23-16)24-19-14(18(22)26)10-15(28-19)12-6-8-13(21)9-7-12/h3-11,25,27H,1-2H3,(H2,22,26)(H,23,24)/t11-,20-/m0/s1. The summed E-state index contributed by atoms with van der Waals surface area (Å²) in [6.45, 7) is 2.98. The number of nitrogens with one attached hydrogen (secondary N) is 1. The minimum Gasteiger partial charge on any atom is -0.390 e. The molecule has 2 aromatic heterocycles. The predicted octanol–water partition coefficient (Wildman–Crippen LogP) is 3.89. The van der Waals surface area contributed by atoms with Crippen molar-refractivity contribution in [3.63, 3.8) is 0 Å². The number of aliphatic hydroxyl groups excluding tert-OH is 1. The molecule has 1 amide bonds. The third kappa shape index (κ3) is 4.18. The van der Waals surface area contributed by atoms with Gasteiger partial charge in [-0.2, -0.15) is 0 Å². The van der Waals surface area contributed by atoms with Crippen molar-refractivity contribution >= 4 is 39.7 Å². The lowest BCUT2D eigenvalue weighted by atomic mass is 9.96. The van der Waals surface area contributed by atoms with E-state index in [1.807, 2.05) is 12.1 Å². The number of primary amides is 1. The predicted molar refractivity (Wildman–Crippen MR) is 112 cm³/mol. The molecular formula is C20H20ClN3O3S. The summed E-state index contributed by atoms with van der Waals surface area (Å²) < 4.78 is 0. The van der Waals surface area contributed by atoms with Crippen LogP contribution in [0.3, 0.4) is 0 Å². The fourth-order valence-electron chi connectivity index (χ4n) is 2.54. The van der Waals surface area contributed by atoms with Crippen LogP contribution in [-0.4, -0.2) is 27.2 Å². The number of halogens is 1. The van der Waals surface area contributed by atoms with Gasteiger partial charge in [0.2, 0.25) is 0 Å². The number of aliphatic hydroxyl groups is 2. The average Bonchev–Trinajstić information content (AvgIpc) is 3.06. The van der Waals surface area contributed by atoms with Gasteiger partial charge in [0.05, 0.1) is 17.4 Å². The van der Waals surface area contributed by atoms with Crippen LogP contribution < -0.4 is 11.1 Å². The van der Waals surface area contributed by atoms with Crippen LogP contribution >= 0.6 is 22.9 Å². The summed E-state index contributed by atoms with van der Waals surface area (Å²) in [5.41, 5.74) is 5.58. The SMILES string of the molecule is C[C@H](O)[C@](C)(O)c1cccc(Nc2sc(-c3ccc(Cl)cc3)cc2C(N)=O)n1. The Morgan fingerprint density at radius 2 is 1.96 bits per heavy atom. The molecule has 2 atom stereocenters. The first kappa shape index (κ1) is 20.3. The smallest absolute Gasteiger partial charge is 0.251 e. The molecule has 0 radical (unpaired) electrons. The van der Waals surface area contributed by atoms with Gasteiger partial charge >= 0.3 is 0 Å². The van der Waals surface area contributed by atoms with Crippen molar-refractivity contribution in [2.45, 2.75) is 25.6 Å². The molecule has 6 nitrogen and oxygen atoms in total. The Bertz CT molecular complexity index is 1000. The first-order valence-electron chi connectivity index (χ1n) is 8.53. The molecule has 5 N–H and O–H groups in total. The highest BCUT2D eigenvalue weighted by Gasteiger charge is 2.30. The van der Waals surface area contributed by atoms with Gasteiger partial charge in [-0.15, -0.1) is 11.3 Å². The lowest BCUT2D eigenvalue weighted by Gasteiger charge is -2.26. The summed E-state index contributed by atoms with van der Waals surface area (Å²) >= 11 is 7.29. The minimum absolute atomic E-state index is 0.308. The van der Waals surface area contributed by atoms with E-state index in [1.54, 1.807) is 36.4 Å². The van der Waals surface area contributed by atoms with Crippen LogP contribution in [0.1, 0.15) is 29.9 Å². The Labute approximate surface area is 171 Å². The molecule has 0 fully saturated rings. The molecule has 146 valence electrons. The van der Waals surface area contributed by atoms with Crippen LogP contribution in [0, 0.1) is 0 Å². The molecule has 28 heavy (non-hydrogen) atoms. The Kier molecular flexibility index (Phi) is 5.71. The zero-order valence-corrected chi connectivity index (χ0v) is 16.9. The van der Waals surface area contributed by atoms with Crippen molar-refractivity contribution < 1.29 is 15.0 Å². The number of carbonyl (C=O) groups excluding carboxylic acids is 1. The van der Waals surface area contributed by atoms with E-state index in [4.69, 9.17) is 17.3 Å². The first-order valence-corrected chi connectivity index (χ1v) is 9.72.